The predicted octanol–water partition coefficient (Wildman–Crippen LogP) is -0.683. The predicted molar refractivity (Wildman–Crippen MR) is 196 cm³/mol. The molecule has 2 saturated heterocycles. The van der Waals surface area contributed by atoms with E-state index in [1.807, 2.05) is 0 Å². The third kappa shape index (κ3) is 8.41. The molecule has 1 aliphatic carbocycles. The van der Waals surface area contributed by atoms with E-state index < -0.39 is 97.9 Å². The average molecular weight is 817 g/mol. The van der Waals surface area contributed by atoms with Gasteiger partial charge >= 0.3 is 5.97 Å². The van der Waals surface area contributed by atoms with E-state index >= 15 is 0 Å². The minimum atomic E-state index is -2.00. The summed E-state index contributed by atoms with van der Waals surface area (Å²) < 4.78 is 44.7. The summed E-state index contributed by atoms with van der Waals surface area (Å²) in [5.41, 5.74) is -0.0778. The summed E-state index contributed by atoms with van der Waals surface area (Å²) in [6.45, 7) is -1.50. The summed E-state index contributed by atoms with van der Waals surface area (Å²) >= 11 is 0. The van der Waals surface area contributed by atoms with Crippen molar-refractivity contribution in [3.05, 3.63) is 81.4 Å². The van der Waals surface area contributed by atoms with E-state index in [1.165, 1.54) is 69.9 Å². The smallest absolute Gasteiger partial charge is 0.330 e. The summed E-state index contributed by atoms with van der Waals surface area (Å²) in [5.74, 6) is -2.47. The van der Waals surface area contributed by atoms with Crippen molar-refractivity contribution in [3.8, 4) is 34.3 Å². The van der Waals surface area contributed by atoms with Gasteiger partial charge in [0, 0.05) is 23.8 Å². The summed E-state index contributed by atoms with van der Waals surface area (Å²) in [6, 6.07) is 9.79. The number of aromatic hydroxyl groups is 2. The summed E-state index contributed by atoms with van der Waals surface area (Å²) in [5, 5.41) is 96.3. The maximum atomic E-state index is 13.5. The largest absolute Gasteiger partial charge is 0.508 e. The van der Waals surface area contributed by atoms with Crippen molar-refractivity contribution in [1.82, 2.24) is 0 Å². The minimum Gasteiger partial charge on any atom is -0.508 e. The lowest BCUT2D eigenvalue weighted by Crippen LogP contribution is -2.66. The number of esters is 1. The first-order valence-corrected chi connectivity index (χ1v) is 17.9. The molecule has 9 N–H and O–H groups in total. The van der Waals surface area contributed by atoms with Crippen LogP contribution in [0, 0.1) is 5.92 Å². The second-order valence-corrected chi connectivity index (χ2v) is 13.7. The molecule has 314 valence electrons. The van der Waals surface area contributed by atoms with Crippen LogP contribution in [0.1, 0.15) is 23.0 Å². The van der Waals surface area contributed by atoms with Crippen LogP contribution in [-0.2, 0) is 28.5 Å². The topological polar surface area (TPSA) is 294 Å². The molecule has 2 aromatic carbocycles. The Balaban J connectivity index is 1.23. The van der Waals surface area contributed by atoms with Crippen LogP contribution in [-0.4, -0.2) is 148 Å². The van der Waals surface area contributed by atoms with Crippen LogP contribution in [0.3, 0.4) is 0 Å². The molecule has 58 heavy (non-hydrogen) atoms. The lowest BCUT2D eigenvalue weighted by Gasteiger charge is -2.49. The van der Waals surface area contributed by atoms with E-state index in [-0.39, 0.29) is 45.8 Å². The van der Waals surface area contributed by atoms with E-state index in [4.69, 9.17) is 37.6 Å². The number of phenols is 2. The number of hydrogen-bond acceptors (Lipinski definition) is 19. The number of phenolic OH excluding ortho intramolecular Hbond substituents is 2. The lowest BCUT2D eigenvalue weighted by molar-refractivity contribution is -0.346. The van der Waals surface area contributed by atoms with Crippen LogP contribution in [0.5, 0.6) is 23.0 Å². The molecule has 3 aliphatic rings. The zero-order valence-electron chi connectivity index (χ0n) is 31.2. The van der Waals surface area contributed by atoms with Crippen LogP contribution in [0.25, 0.3) is 23.5 Å². The first-order valence-electron chi connectivity index (χ1n) is 17.9. The molecule has 0 radical (unpaired) electrons. The monoisotopic (exact) mass is 816 g/mol. The maximum absolute atomic E-state index is 13.5. The summed E-state index contributed by atoms with van der Waals surface area (Å²) in [7, 11) is 3.90. The van der Waals surface area contributed by atoms with Gasteiger partial charge < -0.3 is 83.5 Å². The van der Waals surface area contributed by atoms with E-state index in [9.17, 15) is 55.5 Å². The highest BCUT2D eigenvalue weighted by Crippen LogP contribution is 2.44. The van der Waals surface area contributed by atoms with Crippen molar-refractivity contribution in [2.24, 2.45) is 5.92 Å². The number of methoxy groups -OCH3 is 3. The second kappa shape index (κ2) is 17.8. The molecule has 0 amide bonds. The number of hydrogen-bond donors (Lipinski definition) is 9. The standard InChI is InChI=1S/C39H44O19/c1-51-21-13-22-28(19(42)12-20(55-22)17-5-7-18(41)8-6-17)33(47)29(21)37-38(35(49)31(45)25(14-40)56-37)58-39-36(50)34(48)32(46)26(57-39)15-54-27(43)9-4-16-10-23(52-2)30(44)24(11-16)53-3/h4-13,25-26,29,31-41,44-50H,14-15H2,1-3H3/t25-,26-,29-,31-,32-,33-,34+,35+,36-,37+,38-,39+/m1/s1. The number of carbonyl (C=O) groups excluding carboxylic acids is 1. The SMILES string of the molecule is COC1=Cc2oc(-c3ccc(O)cc3)cc(=O)c2[C@@H](O)[C@@H]1[C@@H]1O[C@H](CO)[C@@H](O)[C@H](O)[C@H]1O[C@@H]1O[C@H](COC(=O)C=Cc2cc(OC)c(O)c(OC)c2)[C@@H](O)[C@H](O)[C@H]1O. The van der Waals surface area contributed by atoms with Crippen LogP contribution in [0.15, 0.2) is 63.5 Å². The normalized spacial score (nSPS) is 31.0. The highest BCUT2D eigenvalue weighted by atomic mass is 16.7. The van der Waals surface area contributed by atoms with Gasteiger partial charge in [-0.3, -0.25) is 4.79 Å². The molecule has 19 nitrogen and oxygen atoms in total. The van der Waals surface area contributed by atoms with Crippen molar-refractivity contribution in [1.29, 1.82) is 0 Å². The van der Waals surface area contributed by atoms with Gasteiger partial charge in [0.15, 0.2) is 23.2 Å². The Morgan fingerprint density at radius 2 is 1.47 bits per heavy atom. The number of aliphatic hydroxyl groups is 7. The Labute approximate surface area is 329 Å². The van der Waals surface area contributed by atoms with Gasteiger partial charge in [-0.05, 0) is 48.0 Å². The molecule has 1 aromatic heterocycles. The van der Waals surface area contributed by atoms with Crippen LogP contribution >= 0.6 is 0 Å². The van der Waals surface area contributed by atoms with Crippen LogP contribution < -0.4 is 14.9 Å². The summed E-state index contributed by atoms with van der Waals surface area (Å²) in [4.78, 5) is 26.2. The molecular formula is C39H44O19. The number of benzene rings is 2. The zero-order chi connectivity index (χ0) is 42.0. The number of rotatable bonds is 12. The highest BCUT2D eigenvalue weighted by molar-refractivity contribution is 5.87. The van der Waals surface area contributed by atoms with Gasteiger partial charge in [0.05, 0.1) is 51.6 Å². The summed E-state index contributed by atoms with van der Waals surface area (Å²) in [6.07, 6.45) is -15.8. The molecular weight excluding hydrogens is 772 g/mol. The van der Waals surface area contributed by atoms with Crippen molar-refractivity contribution < 1.29 is 88.3 Å². The van der Waals surface area contributed by atoms with Gasteiger partial charge in [-0.15, -0.1) is 0 Å². The van der Waals surface area contributed by atoms with Gasteiger partial charge in [0.2, 0.25) is 5.75 Å². The Morgan fingerprint density at radius 3 is 2.09 bits per heavy atom. The molecule has 0 spiro atoms. The first-order chi connectivity index (χ1) is 27.7. The fraction of sp³-hybridized carbons (Fsp3) is 0.436. The van der Waals surface area contributed by atoms with Gasteiger partial charge in [-0.2, -0.15) is 0 Å². The zero-order valence-corrected chi connectivity index (χ0v) is 31.2. The Morgan fingerprint density at radius 1 is 0.810 bits per heavy atom. The molecule has 2 fully saturated rings. The van der Waals surface area contributed by atoms with Crippen LogP contribution in [0.4, 0.5) is 0 Å². The van der Waals surface area contributed by atoms with Crippen molar-refractivity contribution >= 4 is 18.1 Å². The molecule has 12 atom stereocenters. The van der Waals surface area contributed by atoms with E-state index in [0.29, 0.717) is 11.1 Å². The van der Waals surface area contributed by atoms with E-state index in [2.05, 4.69) is 0 Å². The number of aliphatic hydroxyl groups excluding tert-OH is 7. The maximum Gasteiger partial charge on any atom is 0.330 e. The highest BCUT2D eigenvalue weighted by Gasteiger charge is 2.55. The van der Waals surface area contributed by atoms with Crippen molar-refractivity contribution in [3.63, 3.8) is 0 Å². The van der Waals surface area contributed by atoms with Crippen LogP contribution in [0.2, 0.25) is 0 Å². The van der Waals surface area contributed by atoms with Crippen molar-refractivity contribution in [2.75, 3.05) is 34.5 Å². The molecule has 19 heteroatoms. The Hall–Kier alpha value is -5.06. The molecule has 3 aromatic rings. The van der Waals surface area contributed by atoms with E-state index in [1.54, 1.807) is 0 Å². The van der Waals surface area contributed by atoms with E-state index in [0.717, 1.165) is 12.1 Å². The third-order valence-electron chi connectivity index (χ3n) is 10.2. The molecule has 0 saturated carbocycles. The number of ether oxygens (including phenoxy) is 7. The average Bonchev–Trinajstić information content (AvgIpc) is 3.21. The molecule has 6 rings (SSSR count). The molecule has 3 heterocycles. The Kier molecular flexibility index (Phi) is 13.1. The number of fused-ring (bicyclic) bond motifs is 1. The fourth-order valence-electron chi connectivity index (χ4n) is 7.06. The quantitative estimate of drug-likeness (QED) is 0.0808. The van der Waals surface area contributed by atoms with Gasteiger partial charge in [0.25, 0.3) is 0 Å². The minimum absolute atomic E-state index is 0.0168. The lowest BCUT2D eigenvalue weighted by atomic mass is 9.78. The first kappa shape index (κ1) is 42.5. The Bertz CT molecular complexity index is 2020. The third-order valence-corrected chi connectivity index (χ3v) is 10.2. The molecule has 0 unspecified atom stereocenters. The molecule has 0 bridgehead atoms. The van der Waals surface area contributed by atoms with Gasteiger partial charge in [0.1, 0.15) is 78.5 Å². The second-order valence-electron chi connectivity index (χ2n) is 13.7. The van der Waals surface area contributed by atoms with Crippen molar-refractivity contribution in [2.45, 2.75) is 67.3 Å². The number of carbonyl (C=O) groups is 1. The fourth-order valence-corrected chi connectivity index (χ4v) is 7.06. The molecule has 2 aliphatic heterocycles. The van der Waals surface area contributed by atoms with Gasteiger partial charge in [-0.1, -0.05) is 0 Å². The van der Waals surface area contributed by atoms with Gasteiger partial charge in [-0.25, -0.2) is 4.79 Å².